The van der Waals surface area contributed by atoms with Gasteiger partial charge in [-0.2, -0.15) is 4.31 Å². The van der Waals surface area contributed by atoms with Crippen molar-refractivity contribution in [2.45, 2.75) is 57.9 Å². The fourth-order valence-electron chi connectivity index (χ4n) is 4.08. The highest BCUT2D eigenvalue weighted by Gasteiger charge is 2.36. The number of carbonyl (C=O) groups excluding carboxylic acids is 1. The fourth-order valence-corrected chi connectivity index (χ4v) is 6.12. The maximum Gasteiger partial charge on any atom is 0.242 e. The minimum atomic E-state index is -3.41. The van der Waals surface area contributed by atoms with Crippen LogP contribution in [0, 0.1) is 0 Å². The van der Waals surface area contributed by atoms with Gasteiger partial charge in [-0.1, -0.05) is 24.9 Å². The van der Waals surface area contributed by atoms with Gasteiger partial charge in [-0.05, 0) is 56.7 Å². The van der Waals surface area contributed by atoms with E-state index in [2.05, 4.69) is 10.2 Å². The molecule has 1 amide bonds. The molecular weight excluding hydrogens is 398 g/mol. The molecule has 2 saturated heterocycles. The van der Waals surface area contributed by atoms with Gasteiger partial charge in [-0.15, -0.1) is 0 Å². The molecule has 156 valence electrons. The number of hydrogen-bond acceptors (Lipinski definition) is 4. The highest BCUT2D eigenvalue weighted by Crippen LogP contribution is 2.31. The van der Waals surface area contributed by atoms with Crippen LogP contribution in [0.1, 0.15) is 51.9 Å². The van der Waals surface area contributed by atoms with E-state index < -0.39 is 16.1 Å². The number of piperidine rings is 2. The molecule has 0 spiro atoms. The van der Waals surface area contributed by atoms with E-state index in [1.165, 1.54) is 23.6 Å². The Bertz CT molecular complexity index is 794. The second-order valence-corrected chi connectivity index (χ2v) is 10.1. The number of nitrogens with zero attached hydrogens (tertiary/aromatic N) is 2. The minimum absolute atomic E-state index is 0.0765. The normalized spacial score (nSPS) is 21.5. The van der Waals surface area contributed by atoms with Crippen LogP contribution < -0.4 is 10.2 Å². The van der Waals surface area contributed by atoms with Crippen LogP contribution in [0.4, 0.5) is 11.4 Å². The van der Waals surface area contributed by atoms with E-state index in [1.807, 2.05) is 19.1 Å². The predicted octanol–water partition coefficient (Wildman–Crippen LogP) is 3.86. The monoisotopic (exact) mass is 427 g/mol. The summed E-state index contributed by atoms with van der Waals surface area (Å²) in [6.45, 7) is 4.24. The van der Waals surface area contributed by atoms with Crippen molar-refractivity contribution < 1.29 is 13.2 Å². The number of benzene rings is 1. The van der Waals surface area contributed by atoms with Gasteiger partial charge in [0.1, 0.15) is 6.04 Å². The summed E-state index contributed by atoms with van der Waals surface area (Å²) < 4.78 is 26.5. The fraction of sp³-hybridized carbons (Fsp3) is 0.650. The van der Waals surface area contributed by atoms with E-state index in [-0.39, 0.29) is 11.7 Å². The number of amides is 1. The first-order valence-corrected chi connectivity index (χ1v) is 12.3. The molecule has 1 aromatic rings. The zero-order chi connectivity index (χ0) is 20.1. The quantitative estimate of drug-likeness (QED) is 0.748. The lowest BCUT2D eigenvalue weighted by Gasteiger charge is -2.33. The molecule has 1 N–H and O–H groups in total. The smallest absolute Gasteiger partial charge is 0.242 e. The molecule has 0 bridgehead atoms. The largest absolute Gasteiger partial charge is 0.370 e. The Morgan fingerprint density at radius 2 is 1.86 bits per heavy atom. The molecule has 0 aliphatic carbocycles. The van der Waals surface area contributed by atoms with Crippen LogP contribution in [-0.4, -0.2) is 50.1 Å². The number of nitrogens with one attached hydrogen (secondary N) is 1. The standard InChI is InChI=1S/C20H30ClN3O3S/c1-2-14-28(26,27)24-13-7-4-8-19(24)20(25)22-16-9-10-18(17(21)15-16)23-11-5-3-6-12-23/h9-10,15,19H,2-8,11-14H2,1H3,(H,22,25). The lowest BCUT2D eigenvalue weighted by Crippen LogP contribution is -2.50. The van der Waals surface area contributed by atoms with Gasteiger partial charge in [0, 0.05) is 25.3 Å². The van der Waals surface area contributed by atoms with Crippen LogP contribution in [0.3, 0.4) is 0 Å². The van der Waals surface area contributed by atoms with E-state index in [0.29, 0.717) is 30.1 Å². The lowest BCUT2D eigenvalue weighted by molar-refractivity contribution is -0.120. The number of anilines is 2. The summed E-state index contributed by atoms with van der Waals surface area (Å²) in [5, 5.41) is 3.49. The van der Waals surface area contributed by atoms with Crippen LogP contribution >= 0.6 is 11.6 Å². The van der Waals surface area contributed by atoms with Crippen molar-refractivity contribution in [2.24, 2.45) is 0 Å². The molecule has 2 heterocycles. The summed E-state index contributed by atoms with van der Waals surface area (Å²) in [6.07, 6.45) is 6.32. The zero-order valence-corrected chi connectivity index (χ0v) is 18.1. The molecule has 28 heavy (non-hydrogen) atoms. The first-order valence-electron chi connectivity index (χ1n) is 10.3. The van der Waals surface area contributed by atoms with Crippen LogP contribution in [0.15, 0.2) is 18.2 Å². The molecule has 2 fully saturated rings. The molecule has 6 nitrogen and oxygen atoms in total. The van der Waals surface area contributed by atoms with Gasteiger partial charge in [0.2, 0.25) is 15.9 Å². The zero-order valence-electron chi connectivity index (χ0n) is 16.5. The van der Waals surface area contributed by atoms with Crippen molar-refractivity contribution >= 4 is 38.9 Å². The number of halogens is 1. The van der Waals surface area contributed by atoms with Crippen molar-refractivity contribution in [3.63, 3.8) is 0 Å². The Morgan fingerprint density at radius 3 is 2.54 bits per heavy atom. The van der Waals surface area contributed by atoms with Crippen molar-refractivity contribution in [1.82, 2.24) is 4.31 Å². The van der Waals surface area contributed by atoms with Gasteiger partial charge in [-0.3, -0.25) is 4.79 Å². The molecular formula is C20H30ClN3O3S. The average molecular weight is 428 g/mol. The molecule has 0 radical (unpaired) electrons. The van der Waals surface area contributed by atoms with E-state index in [4.69, 9.17) is 11.6 Å². The molecule has 0 saturated carbocycles. The third-order valence-corrected chi connectivity index (χ3v) is 7.87. The Hall–Kier alpha value is -1.31. The molecule has 1 atom stereocenters. The summed E-state index contributed by atoms with van der Waals surface area (Å²) in [4.78, 5) is 15.1. The van der Waals surface area contributed by atoms with Gasteiger partial charge < -0.3 is 10.2 Å². The summed E-state index contributed by atoms with van der Waals surface area (Å²) in [5.74, 6) is -0.200. The van der Waals surface area contributed by atoms with Crippen LogP contribution in [-0.2, 0) is 14.8 Å². The van der Waals surface area contributed by atoms with Crippen molar-refractivity contribution in [1.29, 1.82) is 0 Å². The van der Waals surface area contributed by atoms with Crippen molar-refractivity contribution in [2.75, 3.05) is 35.6 Å². The molecule has 2 aliphatic rings. The second-order valence-electron chi connectivity index (χ2n) is 7.64. The maximum atomic E-state index is 12.9. The van der Waals surface area contributed by atoms with Crippen LogP contribution in [0.25, 0.3) is 0 Å². The molecule has 8 heteroatoms. The highest BCUT2D eigenvalue weighted by molar-refractivity contribution is 7.89. The Kier molecular flexibility index (Phi) is 7.23. The van der Waals surface area contributed by atoms with Crippen LogP contribution in [0.2, 0.25) is 5.02 Å². The summed E-state index contributed by atoms with van der Waals surface area (Å²) in [6, 6.07) is 4.90. The number of carbonyl (C=O) groups is 1. The van der Waals surface area contributed by atoms with Gasteiger partial charge in [0.05, 0.1) is 16.5 Å². The van der Waals surface area contributed by atoms with Gasteiger partial charge in [0.15, 0.2) is 0 Å². The highest BCUT2D eigenvalue weighted by atomic mass is 35.5. The van der Waals surface area contributed by atoms with E-state index >= 15 is 0 Å². The first-order chi connectivity index (χ1) is 13.4. The lowest BCUT2D eigenvalue weighted by atomic mass is 10.0. The van der Waals surface area contributed by atoms with E-state index in [1.54, 1.807) is 6.07 Å². The van der Waals surface area contributed by atoms with Gasteiger partial charge in [-0.25, -0.2) is 8.42 Å². The van der Waals surface area contributed by atoms with E-state index in [0.717, 1.165) is 31.6 Å². The summed E-state index contributed by atoms with van der Waals surface area (Å²) in [7, 11) is -3.41. The summed E-state index contributed by atoms with van der Waals surface area (Å²) in [5.41, 5.74) is 1.60. The number of sulfonamides is 1. The third kappa shape index (κ3) is 4.99. The minimum Gasteiger partial charge on any atom is -0.370 e. The van der Waals surface area contributed by atoms with Crippen molar-refractivity contribution in [3.8, 4) is 0 Å². The van der Waals surface area contributed by atoms with E-state index in [9.17, 15) is 13.2 Å². The van der Waals surface area contributed by atoms with Crippen LogP contribution in [0.5, 0.6) is 0 Å². The predicted molar refractivity (Wildman–Crippen MR) is 115 cm³/mol. The molecule has 3 rings (SSSR count). The summed E-state index contributed by atoms with van der Waals surface area (Å²) >= 11 is 6.48. The maximum absolute atomic E-state index is 12.9. The third-order valence-electron chi connectivity index (χ3n) is 5.49. The average Bonchev–Trinajstić information content (AvgIpc) is 2.69. The first kappa shape index (κ1) is 21.4. The molecule has 0 aromatic heterocycles. The number of hydrogen-bond donors (Lipinski definition) is 1. The van der Waals surface area contributed by atoms with Gasteiger partial charge >= 0.3 is 0 Å². The SMILES string of the molecule is CCCS(=O)(=O)N1CCCCC1C(=O)Nc1ccc(N2CCCCC2)c(Cl)c1. The van der Waals surface area contributed by atoms with Gasteiger partial charge in [0.25, 0.3) is 0 Å². The topological polar surface area (TPSA) is 69.7 Å². The van der Waals surface area contributed by atoms with Crippen molar-refractivity contribution in [3.05, 3.63) is 23.2 Å². The second kappa shape index (κ2) is 9.46. The Balaban J connectivity index is 1.71. The molecule has 2 aliphatic heterocycles. The Labute approximate surface area is 173 Å². The number of rotatable bonds is 6. The Morgan fingerprint density at radius 1 is 1.14 bits per heavy atom. The molecule has 1 aromatic carbocycles. The molecule has 1 unspecified atom stereocenters.